The second kappa shape index (κ2) is 7.47. The Morgan fingerprint density at radius 1 is 1.24 bits per heavy atom. The molecule has 1 saturated heterocycles. The summed E-state index contributed by atoms with van der Waals surface area (Å²) >= 11 is 0. The van der Waals surface area contributed by atoms with Crippen LogP contribution in [0.3, 0.4) is 0 Å². The Bertz CT molecular complexity index is 1370. The summed E-state index contributed by atoms with van der Waals surface area (Å²) in [7, 11) is -16.9. The summed E-state index contributed by atoms with van der Waals surface area (Å²) in [4.78, 5) is 58.1. The molecule has 1 aliphatic heterocycles. The topological polar surface area (TPSA) is 299 Å². The highest BCUT2D eigenvalue weighted by molar-refractivity contribution is 7.66. The first-order valence-electron chi connectivity index (χ1n) is 8.95. The van der Waals surface area contributed by atoms with Crippen LogP contribution in [0.4, 0.5) is 5.95 Å². The van der Waals surface area contributed by atoms with Gasteiger partial charge in [-0.1, -0.05) is 0 Å². The van der Waals surface area contributed by atoms with Gasteiger partial charge in [-0.05, 0) is 6.92 Å². The number of nitrogens with one attached hydrogen (secondary N) is 1. The molecular weight excluding hydrogens is 531 g/mol. The Balaban J connectivity index is 1.57. The molecule has 9 N–H and O–H groups in total. The lowest BCUT2D eigenvalue weighted by Gasteiger charge is -2.31. The molecule has 34 heavy (non-hydrogen) atoms. The van der Waals surface area contributed by atoms with Gasteiger partial charge in [-0.3, -0.25) is 18.9 Å². The van der Waals surface area contributed by atoms with Crippen LogP contribution in [-0.2, 0) is 31.6 Å². The van der Waals surface area contributed by atoms with Crippen LogP contribution in [0, 0.1) is 0 Å². The lowest BCUT2D eigenvalue weighted by Crippen LogP contribution is -2.46. The molecule has 22 heteroatoms. The lowest BCUT2D eigenvalue weighted by molar-refractivity contribution is -0.140. The predicted octanol–water partition coefficient (Wildman–Crippen LogP) is -1.80. The summed E-state index contributed by atoms with van der Waals surface area (Å²) in [5.41, 5.74) is -1.48. The Morgan fingerprint density at radius 2 is 1.88 bits per heavy atom. The van der Waals surface area contributed by atoms with Crippen molar-refractivity contribution < 1.29 is 61.4 Å². The number of nitrogen functional groups attached to an aromatic ring is 1. The van der Waals surface area contributed by atoms with E-state index >= 15 is 0 Å². The number of nitrogens with zero attached hydrogens (tertiary/aromatic N) is 3. The zero-order valence-electron chi connectivity index (χ0n) is 16.8. The zero-order valence-corrected chi connectivity index (χ0v) is 19.5. The normalized spacial score (nSPS) is 34.5. The smallest absolute Gasteiger partial charge is 0.383 e. The van der Waals surface area contributed by atoms with Crippen LogP contribution >= 0.6 is 23.5 Å². The molecule has 2 aliphatic rings. The van der Waals surface area contributed by atoms with Crippen molar-refractivity contribution in [2.45, 2.75) is 36.4 Å². The van der Waals surface area contributed by atoms with Gasteiger partial charge in [0.2, 0.25) is 5.95 Å². The summed E-state index contributed by atoms with van der Waals surface area (Å²) < 4.78 is 52.8. The molecule has 2 unspecified atom stereocenters. The number of fused-ring (bicyclic) bond motifs is 2. The van der Waals surface area contributed by atoms with Gasteiger partial charge < -0.3 is 40.3 Å². The van der Waals surface area contributed by atoms with Crippen molar-refractivity contribution in [2.75, 3.05) is 12.3 Å². The van der Waals surface area contributed by atoms with Gasteiger partial charge in [-0.2, -0.15) is 13.6 Å². The average Bonchev–Trinajstić information content (AvgIpc) is 2.93. The van der Waals surface area contributed by atoms with Crippen LogP contribution in [0.2, 0.25) is 0 Å². The van der Waals surface area contributed by atoms with E-state index in [1.807, 2.05) is 0 Å². The summed E-state index contributed by atoms with van der Waals surface area (Å²) in [6.45, 7) is 0.169. The van der Waals surface area contributed by atoms with E-state index in [-0.39, 0.29) is 23.5 Å². The number of imidazole rings is 1. The molecule has 6 atom stereocenters. The number of rotatable bonds is 8. The number of hydrogen-bond donors (Lipinski definition) is 8. The van der Waals surface area contributed by atoms with Crippen molar-refractivity contribution in [3.05, 3.63) is 16.7 Å². The van der Waals surface area contributed by atoms with E-state index in [1.54, 1.807) is 0 Å². The van der Waals surface area contributed by atoms with Gasteiger partial charge in [0, 0.05) is 6.42 Å². The fourth-order valence-corrected chi connectivity index (χ4v) is 6.88. The van der Waals surface area contributed by atoms with E-state index in [4.69, 9.17) is 20.3 Å². The third-order valence-electron chi connectivity index (χ3n) is 5.41. The first-order valence-corrected chi connectivity index (χ1v) is 13.5. The number of phosphoric ester groups is 1. The molecule has 2 aromatic rings. The minimum absolute atomic E-state index is 0.112. The molecule has 0 radical (unpaired) electrons. The first-order chi connectivity index (χ1) is 15.3. The third kappa shape index (κ3) is 4.18. The van der Waals surface area contributed by atoms with Crippen LogP contribution in [0.25, 0.3) is 11.2 Å². The molecule has 3 heterocycles. The highest BCUT2D eigenvalue weighted by atomic mass is 31.3. The molecule has 0 bridgehead atoms. The van der Waals surface area contributed by atoms with Gasteiger partial charge in [0.15, 0.2) is 17.4 Å². The molecule has 0 spiro atoms. The van der Waals surface area contributed by atoms with Crippen molar-refractivity contribution in [3.8, 4) is 0 Å². The van der Waals surface area contributed by atoms with Crippen LogP contribution < -0.4 is 11.3 Å². The number of phosphoric acid groups is 3. The Morgan fingerprint density at radius 3 is 2.50 bits per heavy atom. The van der Waals surface area contributed by atoms with E-state index in [2.05, 4.69) is 28.1 Å². The number of aromatic nitrogens is 4. The standard InChI is InChI=1S/C12H18N5O14P3/c1-10(19)8(17-4-14-5-6(17)15-9(13)16-7(5)18)29-11(2-12(10,11)20)3-28-33(24,25)31-34(26,27)30-32(21,22)23/h4,8,19-20H,2-3H2,1H3,(H,24,25)(H,26,27)(H2,21,22,23)(H3,13,15,16,18)/t8-,10+,11-,12+/m1/s1. The summed E-state index contributed by atoms with van der Waals surface area (Å²) in [6, 6.07) is 0. The van der Waals surface area contributed by atoms with Crippen LogP contribution in [-0.4, -0.2) is 72.7 Å². The number of hydrogen-bond acceptors (Lipinski definition) is 13. The third-order valence-corrected chi connectivity index (χ3v) is 9.19. The Labute approximate surface area is 187 Å². The summed E-state index contributed by atoms with van der Waals surface area (Å²) in [5.74, 6) is -0.275. The van der Waals surface area contributed by atoms with Crippen LogP contribution in [0.15, 0.2) is 11.1 Å². The minimum atomic E-state index is -5.76. The van der Waals surface area contributed by atoms with Crippen LogP contribution in [0.1, 0.15) is 19.6 Å². The van der Waals surface area contributed by atoms with Gasteiger partial charge in [0.1, 0.15) is 16.8 Å². The van der Waals surface area contributed by atoms with E-state index in [1.165, 1.54) is 6.92 Å². The minimum Gasteiger partial charge on any atom is -0.383 e. The molecule has 0 aromatic carbocycles. The maximum atomic E-state index is 12.0. The first kappa shape index (κ1) is 25.5. The number of nitrogens with two attached hydrogens (primary N) is 1. The SMILES string of the molecule is C[C@]1(O)[C@H](n2cnc3c(=O)[nH]c(N)nc32)O[C@@]2(COP(=O)(O)OP(=O)(O)OP(=O)(O)O)C[C@@]21O. The highest BCUT2D eigenvalue weighted by Gasteiger charge is 2.84. The van der Waals surface area contributed by atoms with Crippen molar-refractivity contribution >= 4 is 40.6 Å². The molecule has 19 nitrogen and oxygen atoms in total. The maximum absolute atomic E-state index is 12.0. The molecule has 1 saturated carbocycles. The highest BCUT2D eigenvalue weighted by Crippen LogP contribution is 2.70. The van der Waals surface area contributed by atoms with Gasteiger partial charge in [0.05, 0.1) is 12.9 Å². The van der Waals surface area contributed by atoms with Gasteiger partial charge in [0.25, 0.3) is 5.56 Å². The van der Waals surface area contributed by atoms with Gasteiger partial charge in [-0.25, -0.2) is 18.7 Å². The molecular formula is C12H18N5O14P3. The van der Waals surface area contributed by atoms with Gasteiger partial charge >= 0.3 is 23.5 Å². The van der Waals surface area contributed by atoms with Gasteiger partial charge in [-0.15, -0.1) is 0 Å². The van der Waals surface area contributed by atoms with E-state index in [0.717, 1.165) is 10.9 Å². The summed E-state index contributed by atoms with van der Waals surface area (Å²) in [6.07, 6.45) is -0.716. The van der Waals surface area contributed by atoms with Crippen molar-refractivity contribution in [2.24, 2.45) is 0 Å². The number of aromatic amines is 1. The number of anilines is 1. The van der Waals surface area contributed by atoms with E-state index in [9.17, 15) is 38.5 Å². The quantitative estimate of drug-likeness (QED) is 0.168. The number of H-pyrrole nitrogens is 1. The van der Waals surface area contributed by atoms with E-state index in [0.29, 0.717) is 0 Å². The van der Waals surface area contributed by atoms with Crippen molar-refractivity contribution in [1.29, 1.82) is 0 Å². The number of aliphatic hydroxyl groups is 2. The van der Waals surface area contributed by atoms with E-state index < -0.39 is 58.7 Å². The fourth-order valence-electron chi connectivity index (χ4n) is 3.82. The zero-order chi connectivity index (χ0) is 25.5. The Hall–Kier alpha value is -1.56. The van der Waals surface area contributed by atoms with Crippen LogP contribution in [0.5, 0.6) is 0 Å². The van der Waals surface area contributed by atoms with Crippen molar-refractivity contribution in [1.82, 2.24) is 19.5 Å². The predicted molar refractivity (Wildman–Crippen MR) is 105 cm³/mol. The second-order valence-electron chi connectivity index (χ2n) is 7.79. The maximum Gasteiger partial charge on any atom is 0.490 e. The molecule has 1 aliphatic carbocycles. The molecule has 2 fully saturated rings. The lowest BCUT2D eigenvalue weighted by atomic mass is 9.94. The molecule has 2 aromatic heterocycles. The Kier molecular flexibility index (Phi) is 5.61. The monoisotopic (exact) mass is 549 g/mol. The fraction of sp³-hybridized carbons (Fsp3) is 0.583. The van der Waals surface area contributed by atoms with Crippen molar-refractivity contribution in [3.63, 3.8) is 0 Å². The molecule has 4 rings (SSSR count). The largest absolute Gasteiger partial charge is 0.490 e. The summed E-state index contributed by atoms with van der Waals surface area (Å²) in [5, 5.41) is 22.0. The second-order valence-corrected chi connectivity index (χ2v) is 12.2. The number of ether oxygens (including phenoxy) is 1. The molecule has 0 amide bonds. The average molecular weight is 549 g/mol. The molecule has 190 valence electrons.